The Balaban J connectivity index is 1.35. The maximum atomic E-state index is 13.1. The van der Waals surface area contributed by atoms with Gasteiger partial charge in [0.05, 0.1) is 18.2 Å². The molecule has 4 rings (SSSR count). The van der Waals surface area contributed by atoms with Crippen LogP contribution < -0.4 is 0 Å². The van der Waals surface area contributed by atoms with E-state index >= 15 is 0 Å². The fraction of sp³-hybridized carbons (Fsp3) is 0.458. The zero-order chi connectivity index (χ0) is 20.9. The van der Waals surface area contributed by atoms with E-state index in [-0.39, 0.29) is 17.9 Å². The Morgan fingerprint density at radius 3 is 2.40 bits per heavy atom. The van der Waals surface area contributed by atoms with Gasteiger partial charge in [0.15, 0.2) is 0 Å². The predicted octanol–water partition coefficient (Wildman–Crippen LogP) is 3.39. The highest BCUT2D eigenvalue weighted by atomic mass is 16.5. The van der Waals surface area contributed by atoms with E-state index in [0.29, 0.717) is 17.0 Å². The zero-order valence-corrected chi connectivity index (χ0v) is 17.5. The van der Waals surface area contributed by atoms with Gasteiger partial charge in [0.2, 0.25) is 0 Å². The van der Waals surface area contributed by atoms with Crippen molar-refractivity contribution in [3.05, 3.63) is 65.5 Å². The third kappa shape index (κ3) is 5.05. The summed E-state index contributed by atoms with van der Waals surface area (Å²) in [4.78, 5) is 33.4. The Kier molecular flexibility index (Phi) is 6.43. The number of aromatic nitrogens is 1. The molecule has 6 nitrogen and oxygen atoms in total. The minimum absolute atomic E-state index is 0.117. The second kappa shape index (κ2) is 9.39. The van der Waals surface area contributed by atoms with Crippen molar-refractivity contribution in [3.63, 3.8) is 0 Å². The summed E-state index contributed by atoms with van der Waals surface area (Å²) < 4.78 is 4.76. The molecule has 0 spiro atoms. The van der Waals surface area contributed by atoms with E-state index in [2.05, 4.69) is 14.8 Å². The Bertz CT molecular complexity index is 857. The normalized spacial score (nSPS) is 17.5. The van der Waals surface area contributed by atoms with Gasteiger partial charge in [0.25, 0.3) is 5.91 Å². The lowest BCUT2D eigenvalue weighted by Gasteiger charge is -2.39. The fourth-order valence-electron chi connectivity index (χ4n) is 4.14. The van der Waals surface area contributed by atoms with Gasteiger partial charge in [-0.1, -0.05) is 12.1 Å². The maximum Gasteiger partial charge on any atom is 0.337 e. The zero-order valence-electron chi connectivity index (χ0n) is 17.5. The first-order valence-electron chi connectivity index (χ1n) is 10.7. The molecular formula is C24H29N3O3. The molecule has 1 aliphatic heterocycles. The molecule has 0 unspecified atom stereocenters. The van der Waals surface area contributed by atoms with Crippen LogP contribution in [0.3, 0.4) is 0 Å². The topological polar surface area (TPSA) is 62.7 Å². The number of hydrogen-bond donors (Lipinski definition) is 0. The first-order chi connectivity index (χ1) is 14.6. The van der Waals surface area contributed by atoms with Gasteiger partial charge >= 0.3 is 5.97 Å². The third-order valence-electron chi connectivity index (χ3n) is 6.10. The van der Waals surface area contributed by atoms with Crippen LogP contribution in [0.4, 0.5) is 0 Å². The summed E-state index contributed by atoms with van der Waals surface area (Å²) in [6.07, 6.45) is 7.82. The van der Waals surface area contributed by atoms with E-state index in [0.717, 1.165) is 39.0 Å². The first-order valence-corrected chi connectivity index (χ1v) is 10.7. The summed E-state index contributed by atoms with van der Waals surface area (Å²) in [6, 6.07) is 11.6. The number of carbonyl (C=O) groups excluding carboxylic acids is 2. The Morgan fingerprint density at radius 1 is 1.07 bits per heavy atom. The lowest BCUT2D eigenvalue weighted by atomic mass is 10.0. The minimum Gasteiger partial charge on any atom is -0.465 e. The van der Waals surface area contributed by atoms with Gasteiger partial charge < -0.3 is 9.64 Å². The molecule has 1 aliphatic carbocycles. The van der Waals surface area contributed by atoms with Gasteiger partial charge in [-0.25, -0.2) is 4.79 Å². The average molecular weight is 408 g/mol. The molecule has 1 aromatic carbocycles. The number of esters is 1. The highest BCUT2D eigenvalue weighted by Gasteiger charge is 2.33. The predicted molar refractivity (Wildman–Crippen MR) is 114 cm³/mol. The van der Waals surface area contributed by atoms with Crippen LogP contribution in [0.15, 0.2) is 48.8 Å². The van der Waals surface area contributed by atoms with Crippen molar-refractivity contribution < 1.29 is 14.3 Å². The number of amides is 1. The molecule has 1 saturated heterocycles. The number of nitrogens with zero attached hydrogens (tertiary/aromatic N) is 3. The summed E-state index contributed by atoms with van der Waals surface area (Å²) in [5.74, 6) is 0.472. The van der Waals surface area contributed by atoms with Crippen LogP contribution in [0, 0.1) is 5.92 Å². The monoisotopic (exact) mass is 407 g/mol. The number of benzene rings is 1. The molecule has 0 atom stereocenters. The Labute approximate surface area is 177 Å². The number of piperidine rings is 1. The van der Waals surface area contributed by atoms with E-state index in [9.17, 15) is 9.59 Å². The SMILES string of the molecule is COC(=O)c1ccc(CN2CCC(N(CC3CC3)C(=O)c3cccnc3)CC2)cc1. The fourth-order valence-corrected chi connectivity index (χ4v) is 4.14. The largest absolute Gasteiger partial charge is 0.465 e. The van der Waals surface area contributed by atoms with Gasteiger partial charge in [-0.05, 0) is 61.4 Å². The van der Waals surface area contributed by atoms with E-state index in [1.807, 2.05) is 36.4 Å². The molecule has 1 amide bonds. The van der Waals surface area contributed by atoms with E-state index in [4.69, 9.17) is 4.74 Å². The lowest BCUT2D eigenvalue weighted by molar-refractivity contribution is 0.0549. The van der Waals surface area contributed by atoms with E-state index in [1.165, 1.54) is 25.5 Å². The van der Waals surface area contributed by atoms with Gasteiger partial charge in [-0.15, -0.1) is 0 Å². The molecule has 30 heavy (non-hydrogen) atoms. The summed E-state index contributed by atoms with van der Waals surface area (Å²) in [5.41, 5.74) is 2.44. The Morgan fingerprint density at radius 2 is 1.80 bits per heavy atom. The highest BCUT2D eigenvalue weighted by molar-refractivity contribution is 5.94. The number of likely N-dealkylation sites (tertiary alicyclic amines) is 1. The molecule has 1 saturated carbocycles. The highest BCUT2D eigenvalue weighted by Crippen LogP contribution is 2.32. The van der Waals surface area contributed by atoms with E-state index < -0.39 is 0 Å². The number of pyridine rings is 1. The average Bonchev–Trinajstić information content (AvgIpc) is 3.62. The molecule has 2 fully saturated rings. The van der Waals surface area contributed by atoms with E-state index in [1.54, 1.807) is 12.4 Å². The summed E-state index contributed by atoms with van der Waals surface area (Å²) in [6.45, 7) is 3.65. The standard InChI is InChI=1S/C24H29N3O3/c1-30-24(29)20-8-6-18(7-9-20)16-26-13-10-22(11-14-26)27(17-19-4-5-19)23(28)21-3-2-12-25-15-21/h2-3,6-9,12,15,19,22H,4-5,10-11,13-14,16-17H2,1H3. The van der Waals surface area contributed by atoms with Crippen LogP contribution in [0.2, 0.25) is 0 Å². The van der Waals surface area contributed by atoms with Gasteiger partial charge in [0, 0.05) is 44.6 Å². The van der Waals surface area contributed by atoms with Gasteiger partial charge in [-0.3, -0.25) is 14.7 Å². The van der Waals surface area contributed by atoms with Crippen LogP contribution in [0.25, 0.3) is 0 Å². The lowest BCUT2D eigenvalue weighted by Crippen LogP contribution is -2.48. The molecule has 0 radical (unpaired) electrons. The molecule has 158 valence electrons. The molecule has 1 aromatic heterocycles. The molecule has 2 aliphatic rings. The number of rotatable bonds is 7. The Hall–Kier alpha value is -2.73. The molecule has 6 heteroatoms. The van der Waals surface area contributed by atoms with Crippen molar-refractivity contribution in [1.82, 2.24) is 14.8 Å². The van der Waals surface area contributed by atoms with Crippen molar-refractivity contribution in [2.45, 2.75) is 38.3 Å². The molecule has 0 bridgehead atoms. The van der Waals surface area contributed by atoms with Crippen LogP contribution in [-0.4, -0.2) is 59.4 Å². The quantitative estimate of drug-likeness (QED) is 0.659. The van der Waals surface area contributed by atoms with Crippen LogP contribution >= 0.6 is 0 Å². The third-order valence-corrected chi connectivity index (χ3v) is 6.10. The van der Waals surface area contributed by atoms with Crippen molar-refractivity contribution in [2.24, 2.45) is 5.92 Å². The van der Waals surface area contributed by atoms with Crippen molar-refractivity contribution in [2.75, 3.05) is 26.7 Å². The van der Waals surface area contributed by atoms with Gasteiger partial charge in [-0.2, -0.15) is 0 Å². The number of ether oxygens (including phenoxy) is 1. The minimum atomic E-state index is -0.309. The molecule has 0 N–H and O–H groups in total. The second-order valence-electron chi connectivity index (χ2n) is 8.34. The second-order valence-corrected chi connectivity index (χ2v) is 8.34. The summed E-state index contributed by atoms with van der Waals surface area (Å²) in [5, 5.41) is 0. The van der Waals surface area contributed by atoms with Crippen molar-refractivity contribution in [1.29, 1.82) is 0 Å². The maximum absolute atomic E-state index is 13.1. The van der Waals surface area contributed by atoms with Crippen LogP contribution in [-0.2, 0) is 11.3 Å². The summed E-state index contributed by atoms with van der Waals surface area (Å²) in [7, 11) is 1.39. The van der Waals surface area contributed by atoms with Crippen LogP contribution in [0.1, 0.15) is 52.0 Å². The number of carbonyl (C=O) groups is 2. The van der Waals surface area contributed by atoms with Crippen molar-refractivity contribution >= 4 is 11.9 Å². The first kappa shape index (κ1) is 20.5. The number of hydrogen-bond acceptors (Lipinski definition) is 5. The molecule has 2 heterocycles. The molecular weight excluding hydrogens is 378 g/mol. The number of methoxy groups -OCH3 is 1. The summed E-state index contributed by atoms with van der Waals surface area (Å²) >= 11 is 0. The van der Waals surface area contributed by atoms with Gasteiger partial charge in [0.1, 0.15) is 0 Å². The van der Waals surface area contributed by atoms with Crippen molar-refractivity contribution in [3.8, 4) is 0 Å². The molecule has 2 aromatic rings. The van der Waals surface area contributed by atoms with Crippen LogP contribution in [0.5, 0.6) is 0 Å². The smallest absolute Gasteiger partial charge is 0.337 e.